The number of carbonyl (C=O) groups excluding carboxylic acids is 2. The van der Waals surface area contributed by atoms with Crippen molar-refractivity contribution >= 4 is 40.7 Å². The van der Waals surface area contributed by atoms with Gasteiger partial charge in [-0.3, -0.25) is 9.69 Å². The Morgan fingerprint density at radius 2 is 1.91 bits per heavy atom. The van der Waals surface area contributed by atoms with Gasteiger partial charge in [0.15, 0.2) is 4.47 Å². The molecular formula is C21H17ClF3N5O2S. The van der Waals surface area contributed by atoms with Crippen molar-refractivity contribution in [2.75, 3.05) is 18.0 Å². The number of aromatic nitrogens is 2. The average molecular weight is 496 g/mol. The molecular weight excluding hydrogens is 479 g/mol. The second kappa shape index (κ2) is 9.36. The van der Waals surface area contributed by atoms with E-state index in [1.54, 1.807) is 12.3 Å². The highest BCUT2D eigenvalue weighted by molar-refractivity contribution is 7.15. The number of carbonyl (C=O) groups is 2. The minimum Gasteiger partial charge on any atom is -0.347 e. The summed E-state index contributed by atoms with van der Waals surface area (Å²) in [4.78, 5) is 37.2. The molecule has 33 heavy (non-hydrogen) atoms. The third kappa shape index (κ3) is 5.42. The maximum Gasteiger partial charge on any atom is 0.416 e. The van der Waals surface area contributed by atoms with Gasteiger partial charge in [-0.1, -0.05) is 23.7 Å². The first-order valence-corrected chi connectivity index (χ1v) is 11.0. The predicted octanol–water partition coefficient (Wildman–Crippen LogP) is 4.58. The standard InChI is InChI=1S/C21H17ClF3N5O2S/c22-19-28-11-16(33-19)10-27-18(31)14-5-6-26-17(9-14)30-8-7-29(20(30)32)12-13-1-3-15(4-2-13)21(23,24)25/h1-6,9,11H,7-8,10,12H2,(H,27,31). The predicted molar refractivity (Wildman–Crippen MR) is 117 cm³/mol. The monoisotopic (exact) mass is 495 g/mol. The molecule has 3 aromatic rings. The Bertz CT molecular complexity index is 1170. The number of hydrogen-bond acceptors (Lipinski definition) is 5. The van der Waals surface area contributed by atoms with Gasteiger partial charge in [0.05, 0.1) is 12.1 Å². The van der Waals surface area contributed by atoms with Crippen molar-refractivity contribution in [1.29, 1.82) is 0 Å². The number of hydrogen-bond donors (Lipinski definition) is 1. The summed E-state index contributed by atoms with van der Waals surface area (Å²) in [6.07, 6.45) is -1.38. The van der Waals surface area contributed by atoms with Crippen LogP contribution in [0.25, 0.3) is 0 Å². The van der Waals surface area contributed by atoms with E-state index in [9.17, 15) is 22.8 Å². The lowest BCUT2D eigenvalue weighted by Gasteiger charge is -2.19. The molecule has 0 saturated carbocycles. The van der Waals surface area contributed by atoms with Crippen LogP contribution < -0.4 is 10.2 Å². The minimum absolute atomic E-state index is 0.172. The number of urea groups is 1. The lowest BCUT2D eigenvalue weighted by molar-refractivity contribution is -0.137. The first-order chi connectivity index (χ1) is 15.7. The van der Waals surface area contributed by atoms with Gasteiger partial charge >= 0.3 is 12.2 Å². The van der Waals surface area contributed by atoms with Crippen LogP contribution in [0.2, 0.25) is 4.47 Å². The van der Waals surface area contributed by atoms with Crippen molar-refractivity contribution in [2.24, 2.45) is 0 Å². The van der Waals surface area contributed by atoms with E-state index >= 15 is 0 Å². The molecule has 1 aromatic carbocycles. The fourth-order valence-corrected chi connectivity index (χ4v) is 4.22. The fourth-order valence-electron chi connectivity index (χ4n) is 3.30. The van der Waals surface area contributed by atoms with Gasteiger partial charge in [0.25, 0.3) is 5.91 Å². The van der Waals surface area contributed by atoms with Crippen LogP contribution in [-0.2, 0) is 19.3 Å². The zero-order valence-electron chi connectivity index (χ0n) is 17.0. The average Bonchev–Trinajstić information content (AvgIpc) is 3.37. The van der Waals surface area contributed by atoms with Gasteiger partial charge in [-0.05, 0) is 29.8 Å². The Kier molecular flexibility index (Phi) is 6.52. The molecule has 1 aliphatic rings. The van der Waals surface area contributed by atoms with Gasteiger partial charge in [-0.2, -0.15) is 13.2 Å². The van der Waals surface area contributed by atoms with E-state index in [4.69, 9.17) is 11.6 Å². The van der Waals surface area contributed by atoms with E-state index in [-0.39, 0.29) is 25.0 Å². The van der Waals surface area contributed by atoms with Gasteiger partial charge in [-0.25, -0.2) is 14.8 Å². The van der Waals surface area contributed by atoms with E-state index < -0.39 is 11.7 Å². The number of pyridine rings is 1. The Hall–Kier alpha value is -3.18. The van der Waals surface area contributed by atoms with Gasteiger partial charge in [-0.15, -0.1) is 11.3 Å². The van der Waals surface area contributed by atoms with Gasteiger partial charge in [0, 0.05) is 42.5 Å². The quantitative estimate of drug-likeness (QED) is 0.543. The third-order valence-corrected chi connectivity index (χ3v) is 6.10. The maximum atomic E-state index is 12.8. The molecule has 1 aliphatic heterocycles. The molecule has 2 aromatic heterocycles. The van der Waals surface area contributed by atoms with Gasteiger partial charge < -0.3 is 10.2 Å². The summed E-state index contributed by atoms with van der Waals surface area (Å²) in [6, 6.07) is 7.44. The van der Waals surface area contributed by atoms with E-state index in [1.165, 1.54) is 45.5 Å². The third-order valence-electron chi connectivity index (χ3n) is 4.98. The number of halogens is 4. The molecule has 1 N–H and O–H groups in total. The second-order valence-corrected chi connectivity index (χ2v) is 8.91. The molecule has 0 radical (unpaired) electrons. The zero-order chi connectivity index (χ0) is 23.6. The molecule has 0 spiro atoms. The summed E-state index contributed by atoms with van der Waals surface area (Å²) in [7, 11) is 0. The number of rotatable bonds is 6. The summed E-state index contributed by atoms with van der Waals surface area (Å²) < 4.78 is 38.6. The molecule has 1 saturated heterocycles. The van der Waals surface area contributed by atoms with Crippen LogP contribution in [0.3, 0.4) is 0 Å². The second-order valence-electron chi connectivity index (χ2n) is 7.22. The normalized spacial score (nSPS) is 14.1. The molecule has 1 fully saturated rings. The molecule has 0 atom stereocenters. The summed E-state index contributed by atoms with van der Waals surface area (Å²) in [5.74, 6) is -0.0140. The topological polar surface area (TPSA) is 78.4 Å². The van der Waals surface area contributed by atoms with Crippen LogP contribution >= 0.6 is 22.9 Å². The molecule has 7 nitrogen and oxygen atoms in total. The van der Waals surface area contributed by atoms with Crippen molar-refractivity contribution in [2.45, 2.75) is 19.3 Å². The number of nitrogens with zero attached hydrogens (tertiary/aromatic N) is 4. The number of anilines is 1. The van der Waals surface area contributed by atoms with Crippen LogP contribution in [0.4, 0.5) is 23.8 Å². The number of nitrogens with one attached hydrogen (secondary N) is 1. The van der Waals surface area contributed by atoms with E-state index in [1.807, 2.05) is 0 Å². The molecule has 3 amide bonds. The van der Waals surface area contributed by atoms with Crippen molar-refractivity contribution < 1.29 is 22.8 Å². The highest BCUT2D eigenvalue weighted by Crippen LogP contribution is 2.29. The molecule has 0 unspecified atom stereocenters. The molecule has 172 valence electrons. The maximum absolute atomic E-state index is 12.8. The first-order valence-electron chi connectivity index (χ1n) is 9.78. The summed E-state index contributed by atoms with van der Waals surface area (Å²) in [5.41, 5.74) is 0.186. The Morgan fingerprint density at radius 1 is 1.15 bits per heavy atom. The number of alkyl halides is 3. The van der Waals surface area contributed by atoms with Crippen LogP contribution in [0.5, 0.6) is 0 Å². The van der Waals surface area contributed by atoms with Crippen LogP contribution in [-0.4, -0.2) is 39.9 Å². The molecule has 4 rings (SSSR count). The lowest BCUT2D eigenvalue weighted by Crippen LogP contribution is -2.32. The number of thiazole rings is 1. The van der Waals surface area contributed by atoms with Crippen LogP contribution in [0.15, 0.2) is 48.8 Å². The highest BCUT2D eigenvalue weighted by Gasteiger charge is 2.32. The highest BCUT2D eigenvalue weighted by atomic mass is 35.5. The molecule has 0 bridgehead atoms. The number of benzene rings is 1. The van der Waals surface area contributed by atoms with E-state index in [0.29, 0.717) is 34.5 Å². The Labute approximate surface area is 195 Å². The number of amides is 3. The van der Waals surface area contributed by atoms with Crippen molar-refractivity contribution in [3.8, 4) is 0 Å². The summed E-state index contributed by atoms with van der Waals surface area (Å²) >= 11 is 7.05. The van der Waals surface area contributed by atoms with E-state index in [0.717, 1.165) is 17.0 Å². The zero-order valence-corrected chi connectivity index (χ0v) is 18.5. The molecule has 0 aliphatic carbocycles. The lowest BCUT2D eigenvalue weighted by atomic mass is 10.1. The van der Waals surface area contributed by atoms with Crippen LogP contribution in [0, 0.1) is 0 Å². The molecule has 3 heterocycles. The Morgan fingerprint density at radius 3 is 2.58 bits per heavy atom. The van der Waals surface area contributed by atoms with Crippen molar-refractivity contribution in [3.63, 3.8) is 0 Å². The summed E-state index contributed by atoms with van der Waals surface area (Å²) in [6.45, 7) is 1.16. The Balaban J connectivity index is 1.39. The molecule has 12 heteroatoms. The van der Waals surface area contributed by atoms with Gasteiger partial charge in [0.2, 0.25) is 0 Å². The minimum atomic E-state index is -4.41. The summed E-state index contributed by atoms with van der Waals surface area (Å²) in [5, 5.41) is 2.77. The SMILES string of the molecule is O=C(NCc1cnc(Cl)s1)c1ccnc(N2CCN(Cc3ccc(C(F)(F)F)cc3)C2=O)c1. The first kappa shape index (κ1) is 23.0. The largest absolute Gasteiger partial charge is 0.416 e. The fraction of sp³-hybridized carbons (Fsp3) is 0.238. The van der Waals surface area contributed by atoms with Gasteiger partial charge in [0.1, 0.15) is 5.82 Å². The van der Waals surface area contributed by atoms with Crippen molar-refractivity contribution in [3.05, 3.63) is 74.8 Å². The van der Waals surface area contributed by atoms with Crippen molar-refractivity contribution in [1.82, 2.24) is 20.2 Å². The smallest absolute Gasteiger partial charge is 0.347 e. The van der Waals surface area contributed by atoms with Crippen LogP contribution in [0.1, 0.15) is 26.4 Å². The van der Waals surface area contributed by atoms with E-state index in [2.05, 4.69) is 15.3 Å².